The van der Waals surface area contributed by atoms with Crippen molar-refractivity contribution in [1.82, 2.24) is 5.32 Å². The molecule has 3 rings (SSSR count). The number of hydrogen-bond donors (Lipinski definition) is 1. The van der Waals surface area contributed by atoms with Gasteiger partial charge >= 0.3 is 0 Å². The van der Waals surface area contributed by atoms with Crippen LogP contribution in [-0.2, 0) is 4.79 Å². The highest BCUT2D eigenvalue weighted by Crippen LogP contribution is 2.49. The zero-order valence-corrected chi connectivity index (χ0v) is 13.1. The molecule has 2 fully saturated rings. The minimum absolute atomic E-state index is 0.0270. The Morgan fingerprint density at radius 3 is 3.00 bits per heavy atom. The lowest BCUT2D eigenvalue weighted by molar-refractivity contribution is -0.645. The molecule has 21 heavy (non-hydrogen) atoms. The minimum Gasteiger partial charge on any atom is -0.618 e. The van der Waals surface area contributed by atoms with Gasteiger partial charge in [-0.1, -0.05) is 6.42 Å². The zero-order chi connectivity index (χ0) is 14.8. The summed E-state index contributed by atoms with van der Waals surface area (Å²) in [6.07, 6.45) is 6.82. The number of rotatable bonds is 5. The Labute approximate surface area is 129 Å². The molecule has 2 aliphatic carbocycles. The zero-order valence-electron chi connectivity index (χ0n) is 12.3. The molecule has 0 aliphatic heterocycles. The molecule has 2 saturated carbocycles. The Balaban J connectivity index is 1.47. The highest BCUT2D eigenvalue weighted by Gasteiger charge is 2.42. The fourth-order valence-corrected chi connectivity index (χ4v) is 4.70. The van der Waals surface area contributed by atoms with Gasteiger partial charge in [-0.25, -0.2) is 0 Å². The fraction of sp³-hybridized carbons (Fsp3) is 0.625. The summed E-state index contributed by atoms with van der Waals surface area (Å²) < 4.78 is 0.803. The predicted molar refractivity (Wildman–Crippen MR) is 82.7 cm³/mol. The van der Waals surface area contributed by atoms with E-state index in [4.69, 9.17) is 0 Å². The van der Waals surface area contributed by atoms with Gasteiger partial charge in [0.05, 0.1) is 5.75 Å². The van der Waals surface area contributed by atoms with Crippen molar-refractivity contribution in [3.8, 4) is 0 Å². The van der Waals surface area contributed by atoms with Crippen molar-refractivity contribution in [2.45, 2.75) is 43.7 Å². The van der Waals surface area contributed by atoms with Gasteiger partial charge in [-0.05, 0) is 61.8 Å². The molecule has 1 aromatic rings. The van der Waals surface area contributed by atoms with Crippen molar-refractivity contribution in [3.05, 3.63) is 29.6 Å². The molecule has 0 spiro atoms. The quantitative estimate of drug-likeness (QED) is 0.516. The molecule has 1 N–H and O–H groups in total. The van der Waals surface area contributed by atoms with Crippen molar-refractivity contribution in [1.29, 1.82) is 0 Å². The lowest BCUT2D eigenvalue weighted by atomic mass is 9.84. The first-order valence-corrected chi connectivity index (χ1v) is 8.72. The van der Waals surface area contributed by atoms with Crippen LogP contribution in [0.2, 0.25) is 0 Å². The molecule has 4 atom stereocenters. The van der Waals surface area contributed by atoms with Gasteiger partial charge in [0.25, 0.3) is 5.03 Å². The average Bonchev–Trinajstić information content (AvgIpc) is 3.09. The molecule has 2 bridgehead atoms. The van der Waals surface area contributed by atoms with E-state index in [1.54, 1.807) is 12.1 Å². The molecule has 4 nitrogen and oxygen atoms in total. The number of hydrogen-bond acceptors (Lipinski definition) is 3. The number of thioether (sulfide) groups is 1. The van der Waals surface area contributed by atoms with Gasteiger partial charge in [0, 0.05) is 18.2 Å². The third kappa shape index (κ3) is 3.34. The van der Waals surface area contributed by atoms with Crippen LogP contribution in [0.25, 0.3) is 0 Å². The number of amides is 1. The molecule has 0 saturated heterocycles. The lowest BCUT2D eigenvalue weighted by Gasteiger charge is -2.28. The van der Waals surface area contributed by atoms with Crippen LogP contribution in [0.15, 0.2) is 29.4 Å². The summed E-state index contributed by atoms with van der Waals surface area (Å²) >= 11 is 1.29. The maximum absolute atomic E-state index is 12.1. The summed E-state index contributed by atoms with van der Waals surface area (Å²) in [6.45, 7) is 2.13. The normalized spacial score (nSPS) is 28.5. The van der Waals surface area contributed by atoms with Crippen LogP contribution in [0, 0.1) is 23.0 Å². The second kappa shape index (κ2) is 6.26. The summed E-state index contributed by atoms with van der Waals surface area (Å²) in [6, 6.07) is 5.49. The van der Waals surface area contributed by atoms with E-state index in [1.807, 2.05) is 6.07 Å². The van der Waals surface area contributed by atoms with Crippen LogP contribution in [0.3, 0.4) is 0 Å². The van der Waals surface area contributed by atoms with Gasteiger partial charge in [-0.15, -0.1) is 0 Å². The Hall–Kier alpha value is -1.23. The third-order valence-corrected chi connectivity index (χ3v) is 5.98. The topological polar surface area (TPSA) is 56.0 Å². The Morgan fingerprint density at radius 2 is 2.33 bits per heavy atom. The van der Waals surface area contributed by atoms with Crippen molar-refractivity contribution >= 4 is 17.7 Å². The van der Waals surface area contributed by atoms with E-state index >= 15 is 0 Å². The number of pyridine rings is 1. The Bertz CT molecular complexity index is 523. The van der Waals surface area contributed by atoms with E-state index in [0.717, 1.165) is 16.6 Å². The SMILES string of the molecule is C[C@H](NC(=O)CSc1cccc[n+]1[O-])[C@H]1C[C@H]2CC[C@H]1C2. The Kier molecular flexibility index (Phi) is 4.38. The van der Waals surface area contributed by atoms with Crippen molar-refractivity contribution < 1.29 is 9.52 Å². The van der Waals surface area contributed by atoms with E-state index in [9.17, 15) is 10.0 Å². The van der Waals surface area contributed by atoms with Gasteiger partial charge in [-0.2, -0.15) is 4.73 Å². The average molecular weight is 306 g/mol. The number of carbonyl (C=O) groups is 1. The predicted octanol–water partition coefficient (Wildman–Crippen LogP) is 2.35. The number of fused-ring (bicyclic) bond motifs is 2. The molecule has 2 aliphatic rings. The van der Waals surface area contributed by atoms with Gasteiger partial charge in [0.1, 0.15) is 0 Å². The summed E-state index contributed by atoms with van der Waals surface area (Å²) in [5, 5.41) is 15.2. The number of nitrogens with zero attached hydrogens (tertiary/aromatic N) is 1. The first kappa shape index (κ1) is 14.7. The van der Waals surface area contributed by atoms with Crippen LogP contribution < -0.4 is 10.0 Å². The van der Waals surface area contributed by atoms with E-state index in [1.165, 1.54) is 43.6 Å². The van der Waals surface area contributed by atoms with Crippen molar-refractivity contribution in [2.24, 2.45) is 17.8 Å². The fourth-order valence-electron chi connectivity index (χ4n) is 3.97. The maximum Gasteiger partial charge on any atom is 0.251 e. The number of aromatic nitrogens is 1. The molecule has 0 radical (unpaired) electrons. The maximum atomic E-state index is 12.1. The van der Waals surface area contributed by atoms with Crippen LogP contribution >= 0.6 is 11.8 Å². The van der Waals surface area contributed by atoms with E-state index in [2.05, 4.69) is 12.2 Å². The molecule has 0 unspecified atom stereocenters. The summed E-state index contributed by atoms with van der Waals surface area (Å²) in [7, 11) is 0. The molecule has 0 aromatic carbocycles. The molecule has 1 amide bonds. The van der Waals surface area contributed by atoms with Gasteiger partial charge < -0.3 is 10.5 Å². The Morgan fingerprint density at radius 1 is 1.48 bits per heavy atom. The second-order valence-corrected chi connectivity index (χ2v) is 7.34. The highest BCUT2D eigenvalue weighted by molar-refractivity contribution is 7.99. The van der Waals surface area contributed by atoms with Crippen LogP contribution in [0.1, 0.15) is 32.6 Å². The van der Waals surface area contributed by atoms with Gasteiger partial charge in [0.2, 0.25) is 5.91 Å². The highest BCUT2D eigenvalue weighted by atomic mass is 32.2. The summed E-state index contributed by atoms with van der Waals surface area (Å²) in [5.41, 5.74) is 0. The van der Waals surface area contributed by atoms with Crippen LogP contribution in [-0.4, -0.2) is 17.7 Å². The minimum atomic E-state index is 0.0270. The number of carbonyl (C=O) groups excluding carboxylic acids is 1. The third-order valence-electron chi connectivity index (χ3n) is 4.96. The second-order valence-electron chi connectivity index (χ2n) is 6.35. The molecular formula is C16H22N2O2S. The van der Waals surface area contributed by atoms with Crippen molar-refractivity contribution in [3.63, 3.8) is 0 Å². The molecule has 114 valence electrons. The smallest absolute Gasteiger partial charge is 0.251 e. The lowest BCUT2D eigenvalue weighted by Crippen LogP contribution is -2.41. The monoisotopic (exact) mass is 306 g/mol. The molecule has 1 aromatic heterocycles. The first-order valence-electron chi connectivity index (χ1n) is 7.74. The molecule has 1 heterocycles. The summed E-state index contributed by atoms with van der Waals surface area (Å²) in [5.74, 6) is 2.70. The summed E-state index contributed by atoms with van der Waals surface area (Å²) in [4.78, 5) is 12.1. The van der Waals surface area contributed by atoms with E-state index in [0.29, 0.717) is 16.7 Å². The van der Waals surface area contributed by atoms with Crippen molar-refractivity contribution in [2.75, 3.05) is 5.75 Å². The molecular weight excluding hydrogens is 284 g/mol. The number of nitrogens with one attached hydrogen (secondary N) is 1. The standard InChI is InChI=1S/C16H22N2O2S/c1-11(14-9-12-5-6-13(14)8-12)17-15(19)10-21-16-4-2-3-7-18(16)20/h2-4,7,11-14H,5-6,8-10H2,1H3,(H,17,19)/t11-,12-,13-,14+/m0/s1. The van der Waals surface area contributed by atoms with Crippen LogP contribution in [0.4, 0.5) is 0 Å². The van der Waals surface area contributed by atoms with Crippen LogP contribution in [0.5, 0.6) is 0 Å². The molecule has 5 heteroatoms. The van der Waals surface area contributed by atoms with E-state index < -0.39 is 0 Å². The first-order chi connectivity index (χ1) is 10.1. The largest absolute Gasteiger partial charge is 0.618 e. The van der Waals surface area contributed by atoms with E-state index in [-0.39, 0.29) is 11.9 Å². The van der Waals surface area contributed by atoms with Gasteiger partial charge in [-0.3, -0.25) is 4.79 Å². The van der Waals surface area contributed by atoms with Gasteiger partial charge in [0.15, 0.2) is 6.20 Å².